The number of thioether (sulfide) groups is 1. The summed E-state index contributed by atoms with van der Waals surface area (Å²) in [5.74, 6) is 1.62. The van der Waals surface area contributed by atoms with Crippen LogP contribution in [0.5, 0.6) is 17.2 Å². The van der Waals surface area contributed by atoms with Crippen molar-refractivity contribution in [1.29, 1.82) is 0 Å². The Hall–Kier alpha value is -3.65. The van der Waals surface area contributed by atoms with Crippen molar-refractivity contribution in [3.05, 3.63) is 72.3 Å². The van der Waals surface area contributed by atoms with Crippen molar-refractivity contribution in [2.24, 2.45) is 0 Å². The molecule has 0 aromatic heterocycles. The average molecular weight is 453 g/mol. The van der Waals surface area contributed by atoms with E-state index in [1.807, 2.05) is 12.1 Å². The Bertz CT molecular complexity index is 1090. The SMILES string of the molecule is COc1cccc(C(=O)Nc2ccc(SCC(=O)Nc3cc(OC)ccc3OC)cc2)c1. The summed E-state index contributed by atoms with van der Waals surface area (Å²) in [6.07, 6.45) is 0. The molecule has 0 saturated heterocycles. The fourth-order valence-corrected chi connectivity index (χ4v) is 3.55. The quantitative estimate of drug-likeness (QED) is 0.458. The van der Waals surface area contributed by atoms with E-state index in [1.54, 1.807) is 75.9 Å². The molecule has 0 aliphatic carbocycles. The zero-order valence-electron chi connectivity index (χ0n) is 18.0. The van der Waals surface area contributed by atoms with Crippen molar-refractivity contribution >= 4 is 35.0 Å². The molecule has 7 nitrogen and oxygen atoms in total. The highest BCUT2D eigenvalue weighted by Gasteiger charge is 2.11. The zero-order chi connectivity index (χ0) is 22.9. The van der Waals surface area contributed by atoms with Crippen molar-refractivity contribution in [1.82, 2.24) is 0 Å². The third-order valence-corrected chi connectivity index (χ3v) is 5.51. The van der Waals surface area contributed by atoms with E-state index >= 15 is 0 Å². The molecule has 3 rings (SSSR count). The van der Waals surface area contributed by atoms with Crippen LogP contribution in [0.4, 0.5) is 11.4 Å². The van der Waals surface area contributed by atoms with E-state index in [-0.39, 0.29) is 17.6 Å². The van der Waals surface area contributed by atoms with Crippen LogP contribution in [0.3, 0.4) is 0 Å². The van der Waals surface area contributed by atoms with Gasteiger partial charge in [-0.25, -0.2) is 0 Å². The first kappa shape index (κ1) is 23.0. The number of hydrogen-bond acceptors (Lipinski definition) is 6. The Morgan fingerprint density at radius 3 is 2.22 bits per heavy atom. The van der Waals surface area contributed by atoms with E-state index < -0.39 is 0 Å². The third kappa shape index (κ3) is 6.18. The van der Waals surface area contributed by atoms with E-state index in [9.17, 15) is 9.59 Å². The lowest BCUT2D eigenvalue weighted by atomic mass is 10.2. The number of carbonyl (C=O) groups is 2. The number of benzene rings is 3. The molecule has 0 saturated carbocycles. The van der Waals surface area contributed by atoms with Crippen LogP contribution < -0.4 is 24.8 Å². The molecule has 3 aromatic carbocycles. The third-order valence-electron chi connectivity index (χ3n) is 4.49. The monoisotopic (exact) mass is 452 g/mol. The minimum atomic E-state index is -0.226. The number of ether oxygens (including phenoxy) is 3. The lowest BCUT2D eigenvalue weighted by Crippen LogP contribution is -2.14. The van der Waals surface area contributed by atoms with Gasteiger partial charge in [-0.05, 0) is 54.6 Å². The van der Waals surface area contributed by atoms with Gasteiger partial charge < -0.3 is 24.8 Å². The van der Waals surface area contributed by atoms with Gasteiger partial charge >= 0.3 is 0 Å². The highest BCUT2D eigenvalue weighted by Crippen LogP contribution is 2.29. The van der Waals surface area contributed by atoms with E-state index in [1.165, 1.54) is 11.8 Å². The van der Waals surface area contributed by atoms with Crippen LogP contribution in [0, 0.1) is 0 Å². The van der Waals surface area contributed by atoms with Crippen molar-refractivity contribution in [2.45, 2.75) is 4.90 Å². The minimum Gasteiger partial charge on any atom is -0.497 e. The topological polar surface area (TPSA) is 85.9 Å². The lowest BCUT2D eigenvalue weighted by molar-refractivity contribution is -0.113. The highest BCUT2D eigenvalue weighted by molar-refractivity contribution is 8.00. The maximum absolute atomic E-state index is 12.4. The molecule has 0 aliphatic heterocycles. The Balaban J connectivity index is 1.54. The van der Waals surface area contributed by atoms with Gasteiger partial charge in [-0.2, -0.15) is 0 Å². The van der Waals surface area contributed by atoms with E-state index in [0.717, 1.165) is 4.90 Å². The predicted molar refractivity (Wildman–Crippen MR) is 126 cm³/mol. The molecule has 0 heterocycles. The summed E-state index contributed by atoms with van der Waals surface area (Å²) in [7, 11) is 4.66. The number of rotatable bonds is 9. The van der Waals surface area contributed by atoms with Crippen LogP contribution >= 0.6 is 11.8 Å². The van der Waals surface area contributed by atoms with Crippen LogP contribution in [-0.4, -0.2) is 38.9 Å². The Morgan fingerprint density at radius 2 is 1.53 bits per heavy atom. The van der Waals surface area contributed by atoms with Gasteiger partial charge in [0.1, 0.15) is 17.2 Å². The second-order valence-corrected chi connectivity index (χ2v) is 7.66. The average Bonchev–Trinajstić information content (AvgIpc) is 2.83. The smallest absolute Gasteiger partial charge is 0.255 e. The predicted octanol–water partition coefficient (Wildman–Crippen LogP) is 4.70. The number of anilines is 2. The lowest BCUT2D eigenvalue weighted by Gasteiger charge is -2.12. The van der Waals surface area contributed by atoms with Gasteiger partial charge in [-0.15, -0.1) is 11.8 Å². The van der Waals surface area contributed by atoms with Gasteiger partial charge in [0.05, 0.1) is 32.8 Å². The number of carbonyl (C=O) groups excluding carboxylic acids is 2. The molecule has 0 fully saturated rings. The second kappa shape index (κ2) is 11.1. The molecule has 0 radical (unpaired) electrons. The summed E-state index contributed by atoms with van der Waals surface area (Å²) >= 11 is 1.39. The van der Waals surface area contributed by atoms with Crippen molar-refractivity contribution in [3.63, 3.8) is 0 Å². The summed E-state index contributed by atoms with van der Waals surface area (Å²) in [5.41, 5.74) is 1.72. The molecule has 0 bridgehead atoms. The number of hydrogen-bond donors (Lipinski definition) is 2. The summed E-state index contributed by atoms with van der Waals surface area (Å²) < 4.78 is 15.6. The fourth-order valence-electron chi connectivity index (χ4n) is 2.85. The van der Waals surface area contributed by atoms with Gasteiger partial charge in [0.2, 0.25) is 5.91 Å². The van der Waals surface area contributed by atoms with Crippen LogP contribution in [0.15, 0.2) is 71.6 Å². The normalized spacial score (nSPS) is 10.2. The molecule has 0 aliphatic rings. The molecular weight excluding hydrogens is 428 g/mol. The van der Waals surface area contributed by atoms with Gasteiger partial charge in [-0.3, -0.25) is 9.59 Å². The summed E-state index contributed by atoms with van der Waals surface area (Å²) in [4.78, 5) is 25.7. The molecule has 0 unspecified atom stereocenters. The maximum atomic E-state index is 12.4. The molecule has 0 spiro atoms. The van der Waals surface area contributed by atoms with Gasteiger partial charge in [0, 0.05) is 22.2 Å². The Morgan fingerprint density at radius 1 is 0.812 bits per heavy atom. The summed E-state index contributed by atoms with van der Waals surface area (Å²) in [6, 6.07) is 19.4. The molecule has 32 heavy (non-hydrogen) atoms. The van der Waals surface area contributed by atoms with Gasteiger partial charge in [0.15, 0.2) is 0 Å². The van der Waals surface area contributed by atoms with E-state index in [4.69, 9.17) is 14.2 Å². The number of amides is 2. The first-order valence-corrected chi connectivity index (χ1v) is 10.7. The van der Waals surface area contributed by atoms with Crippen LogP contribution in [0.25, 0.3) is 0 Å². The molecule has 2 amide bonds. The number of nitrogens with one attached hydrogen (secondary N) is 2. The summed E-state index contributed by atoms with van der Waals surface area (Å²) in [5, 5.41) is 5.69. The highest BCUT2D eigenvalue weighted by atomic mass is 32.2. The minimum absolute atomic E-state index is 0.169. The molecular formula is C24H24N2O5S. The van der Waals surface area contributed by atoms with E-state index in [2.05, 4.69) is 10.6 Å². The molecule has 8 heteroatoms. The summed E-state index contributed by atoms with van der Waals surface area (Å²) in [6.45, 7) is 0. The van der Waals surface area contributed by atoms with Crippen LogP contribution in [0.2, 0.25) is 0 Å². The molecule has 2 N–H and O–H groups in total. The van der Waals surface area contributed by atoms with Crippen LogP contribution in [0.1, 0.15) is 10.4 Å². The van der Waals surface area contributed by atoms with Gasteiger partial charge in [0.25, 0.3) is 5.91 Å². The standard InChI is InChI=1S/C24H24N2O5S/c1-29-18-6-4-5-16(13-18)24(28)25-17-7-10-20(11-8-17)32-15-23(27)26-21-14-19(30-2)9-12-22(21)31-3/h4-14H,15H2,1-3H3,(H,25,28)(H,26,27). The zero-order valence-corrected chi connectivity index (χ0v) is 18.8. The largest absolute Gasteiger partial charge is 0.497 e. The van der Waals surface area contributed by atoms with E-state index in [0.29, 0.717) is 34.2 Å². The molecule has 0 atom stereocenters. The fraction of sp³-hybridized carbons (Fsp3) is 0.167. The van der Waals surface area contributed by atoms with Crippen LogP contribution in [-0.2, 0) is 4.79 Å². The Labute approximate surface area is 191 Å². The Kier molecular flexibility index (Phi) is 7.99. The van der Waals surface area contributed by atoms with Crippen molar-refractivity contribution < 1.29 is 23.8 Å². The molecule has 166 valence electrons. The first-order valence-electron chi connectivity index (χ1n) is 9.72. The first-order chi connectivity index (χ1) is 15.5. The number of methoxy groups -OCH3 is 3. The van der Waals surface area contributed by atoms with Crippen molar-refractivity contribution in [3.8, 4) is 17.2 Å². The van der Waals surface area contributed by atoms with Gasteiger partial charge in [-0.1, -0.05) is 6.07 Å². The maximum Gasteiger partial charge on any atom is 0.255 e. The molecule has 3 aromatic rings. The van der Waals surface area contributed by atoms with Crippen molar-refractivity contribution in [2.75, 3.05) is 37.7 Å². The second-order valence-electron chi connectivity index (χ2n) is 6.61.